The number of pyridine rings is 1. The molecule has 1 amide bonds. The third kappa shape index (κ3) is 3.50. The molecule has 0 fully saturated rings. The number of amides is 1. The molecule has 0 bridgehead atoms. The molecule has 24 heavy (non-hydrogen) atoms. The van der Waals surface area contributed by atoms with Gasteiger partial charge in [0.2, 0.25) is 11.8 Å². The van der Waals surface area contributed by atoms with Crippen LogP contribution in [0.4, 0.5) is 0 Å². The van der Waals surface area contributed by atoms with Gasteiger partial charge in [0, 0.05) is 18.3 Å². The van der Waals surface area contributed by atoms with Crippen molar-refractivity contribution in [3.63, 3.8) is 0 Å². The highest BCUT2D eigenvalue weighted by molar-refractivity contribution is 6.36. The fourth-order valence-electron chi connectivity index (χ4n) is 2.92. The number of hydrogen-bond acceptors (Lipinski definition) is 3. The highest BCUT2D eigenvalue weighted by Gasteiger charge is 2.28. The van der Waals surface area contributed by atoms with E-state index in [0.29, 0.717) is 17.1 Å². The number of methoxy groups -OCH3 is 1. The zero-order valence-corrected chi connectivity index (χ0v) is 15.3. The first-order valence-electron chi connectivity index (χ1n) is 7.58. The third-order valence-corrected chi connectivity index (χ3v) is 4.97. The van der Waals surface area contributed by atoms with Gasteiger partial charge in [0.15, 0.2) is 0 Å². The van der Waals surface area contributed by atoms with Crippen LogP contribution in [0.15, 0.2) is 42.7 Å². The second kappa shape index (κ2) is 7.86. The van der Waals surface area contributed by atoms with Crippen LogP contribution in [0.5, 0.6) is 5.88 Å². The van der Waals surface area contributed by atoms with Gasteiger partial charge in [-0.2, -0.15) is 0 Å². The fourth-order valence-corrected chi connectivity index (χ4v) is 3.47. The SMILES string of the molecule is C=CC1=C(C=C)C(C)N(C(=O)Cc2c(Cl)cnc(OC)c2Cl)CC1. The summed E-state index contributed by atoms with van der Waals surface area (Å²) in [5, 5.41) is 0.624. The zero-order chi connectivity index (χ0) is 17.9. The molecule has 0 aromatic carbocycles. The van der Waals surface area contributed by atoms with E-state index in [0.717, 1.165) is 17.6 Å². The Labute approximate surface area is 152 Å². The molecule has 0 saturated heterocycles. The average molecular weight is 367 g/mol. The molecule has 1 atom stereocenters. The Morgan fingerprint density at radius 1 is 1.46 bits per heavy atom. The summed E-state index contributed by atoms with van der Waals surface area (Å²) in [5.41, 5.74) is 2.68. The lowest BCUT2D eigenvalue weighted by molar-refractivity contribution is -0.132. The van der Waals surface area contributed by atoms with Crippen molar-refractivity contribution in [3.05, 3.63) is 58.3 Å². The largest absolute Gasteiger partial charge is 0.480 e. The van der Waals surface area contributed by atoms with Crippen molar-refractivity contribution >= 4 is 29.1 Å². The molecular weight excluding hydrogens is 347 g/mol. The fraction of sp³-hybridized carbons (Fsp3) is 0.333. The van der Waals surface area contributed by atoms with E-state index in [9.17, 15) is 4.79 Å². The Bertz CT molecular complexity index is 713. The predicted molar refractivity (Wildman–Crippen MR) is 97.7 cm³/mol. The van der Waals surface area contributed by atoms with Crippen LogP contribution in [-0.4, -0.2) is 35.5 Å². The first kappa shape index (κ1) is 18.6. The summed E-state index contributed by atoms with van der Waals surface area (Å²) < 4.78 is 5.09. The van der Waals surface area contributed by atoms with Gasteiger partial charge in [0.25, 0.3) is 0 Å². The van der Waals surface area contributed by atoms with Crippen LogP contribution in [0.25, 0.3) is 0 Å². The molecule has 0 N–H and O–H groups in total. The topological polar surface area (TPSA) is 42.4 Å². The molecule has 1 aliphatic rings. The number of halogens is 2. The van der Waals surface area contributed by atoms with E-state index < -0.39 is 0 Å². The third-order valence-electron chi connectivity index (χ3n) is 4.25. The van der Waals surface area contributed by atoms with Gasteiger partial charge in [0.1, 0.15) is 5.02 Å². The van der Waals surface area contributed by atoms with Crippen LogP contribution in [0.3, 0.4) is 0 Å². The van der Waals surface area contributed by atoms with Crippen molar-refractivity contribution in [2.75, 3.05) is 13.7 Å². The molecule has 1 aromatic rings. The lowest BCUT2D eigenvalue weighted by Crippen LogP contribution is -2.44. The standard InChI is InChI=1S/C18H20Cl2N2O2/c1-5-12-7-8-22(11(3)13(12)6-2)16(23)9-14-15(19)10-21-18(24-4)17(14)20/h5-6,10-11H,1-2,7-9H2,3-4H3. The molecule has 2 heterocycles. The van der Waals surface area contributed by atoms with Gasteiger partial charge in [-0.05, 0) is 24.5 Å². The number of hydrogen-bond donors (Lipinski definition) is 0. The van der Waals surface area contributed by atoms with Gasteiger partial charge in [-0.15, -0.1) is 0 Å². The lowest BCUT2D eigenvalue weighted by Gasteiger charge is -2.35. The first-order valence-corrected chi connectivity index (χ1v) is 8.34. The molecule has 1 aliphatic heterocycles. The van der Waals surface area contributed by atoms with E-state index in [2.05, 4.69) is 18.1 Å². The summed E-state index contributed by atoms with van der Waals surface area (Å²) in [4.78, 5) is 18.6. The normalized spacial score (nSPS) is 17.7. The quantitative estimate of drug-likeness (QED) is 0.782. The number of carbonyl (C=O) groups excluding carboxylic acids is 1. The summed E-state index contributed by atoms with van der Waals surface area (Å²) in [6.07, 6.45) is 5.91. The highest BCUT2D eigenvalue weighted by atomic mass is 35.5. The van der Waals surface area contributed by atoms with Crippen molar-refractivity contribution in [1.82, 2.24) is 9.88 Å². The Morgan fingerprint density at radius 2 is 2.17 bits per heavy atom. The van der Waals surface area contributed by atoms with Crippen LogP contribution in [-0.2, 0) is 11.2 Å². The van der Waals surface area contributed by atoms with Crippen LogP contribution in [0, 0.1) is 0 Å². The Kier molecular flexibility index (Phi) is 6.08. The molecule has 2 rings (SSSR count). The van der Waals surface area contributed by atoms with Crippen LogP contribution in [0.1, 0.15) is 18.9 Å². The summed E-state index contributed by atoms with van der Waals surface area (Å²) in [6.45, 7) is 10.3. The van der Waals surface area contributed by atoms with E-state index in [-0.39, 0.29) is 29.3 Å². The summed E-state index contributed by atoms with van der Waals surface area (Å²) >= 11 is 12.4. The number of carbonyl (C=O) groups is 1. The highest BCUT2D eigenvalue weighted by Crippen LogP contribution is 2.33. The molecule has 6 heteroatoms. The number of aromatic nitrogens is 1. The molecule has 0 saturated carbocycles. The Morgan fingerprint density at radius 3 is 2.75 bits per heavy atom. The molecule has 0 spiro atoms. The van der Waals surface area contributed by atoms with Gasteiger partial charge >= 0.3 is 0 Å². The number of ether oxygens (including phenoxy) is 1. The molecule has 128 valence electrons. The van der Waals surface area contributed by atoms with Crippen molar-refractivity contribution in [2.45, 2.75) is 25.8 Å². The minimum absolute atomic E-state index is 0.0537. The van der Waals surface area contributed by atoms with E-state index >= 15 is 0 Å². The predicted octanol–water partition coefficient (Wildman–Crippen LogP) is 4.23. The van der Waals surface area contributed by atoms with E-state index in [1.54, 1.807) is 6.08 Å². The summed E-state index contributed by atoms with van der Waals surface area (Å²) in [7, 11) is 1.47. The van der Waals surface area contributed by atoms with Gasteiger partial charge in [-0.1, -0.05) is 48.5 Å². The smallest absolute Gasteiger partial charge is 0.232 e. The maximum Gasteiger partial charge on any atom is 0.232 e. The second-order valence-electron chi connectivity index (χ2n) is 5.49. The maximum atomic E-state index is 12.8. The van der Waals surface area contributed by atoms with Crippen molar-refractivity contribution in [3.8, 4) is 5.88 Å². The van der Waals surface area contributed by atoms with Crippen molar-refractivity contribution in [1.29, 1.82) is 0 Å². The van der Waals surface area contributed by atoms with Crippen LogP contribution >= 0.6 is 23.2 Å². The van der Waals surface area contributed by atoms with Gasteiger partial charge in [-0.3, -0.25) is 4.79 Å². The number of nitrogens with zero attached hydrogens (tertiary/aromatic N) is 2. The lowest BCUT2D eigenvalue weighted by atomic mass is 9.93. The van der Waals surface area contributed by atoms with Gasteiger partial charge in [0.05, 0.1) is 24.6 Å². The molecule has 0 radical (unpaired) electrons. The summed E-state index contributed by atoms with van der Waals surface area (Å²) in [5.74, 6) is 0.207. The van der Waals surface area contributed by atoms with E-state index in [1.165, 1.54) is 13.3 Å². The molecule has 4 nitrogen and oxygen atoms in total. The molecule has 1 aromatic heterocycles. The monoisotopic (exact) mass is 366 g/mol. The minimum atomic E-state index is -0.0713. The number of rotatable bonds is 5. The van der Waals surface area contributed by atoms with Gasteiger partial charge < -0.3 is 9.64 Å². The van der Waals surface area contributed by atoms with E-state index in [4.69, 9.17) is 27.9 Å². The second-order valence-corrected chi connectivity index (χ2v) is 6.27. The van der Waals surface area contributed by atoms with Crippen LogP contribution in [0.2, 0.25) is 10.0 Å². The Hall–Kier alpha value is -1.78. The van der Waals surface area contributed by atoms with Crippen LogP contribution < -0.4 is 4.74 Å². The van der Waals surface area contributed by atoms with Crippen molar-refractivity contribution in [2.24, 2.45) is 0 Å². The van der Waals surface area contributed by atoms with Gasteiger partial charge in [-0.25, -0.2) is 4.98 Å². The molecular formula is C18H20Cl2N2O2. The van der Waals surface area contributed by atoms with Crippen molar-refractivity contribution < 1.29 is 9.53 Å². The number of allylic oxidation sites excluding steroid dienone is 1. The van der Waals surface area contributed by atoms with E-state index in [1.807, 2.05) is 17.9 Å². The average Bonchev–Trinajstić information content (AvgIpc) is 2.58. The minimum Gasteiger partial charge on any atom is -0.480 e. The molecule has 0 aliphatic carbocycles. The Balaban J connectivity index is 2.27. The molecule has 1 unspecified atom stereocenters. The zero-order valence-electron chi connectivity index (χ0n) is 13.8. The first-order chi connectivity index (χ1) is 11.4. The summed E-state index contributed by atoms with van der Waals surface area (Å²) in [6, 6.07) is -0.0713. The maximum absolute atomic E-state index is 12.8.